The molecule has 1 saturated carbocycles. The molecule has 0 spiro atoms. The number of carbonyl (C=O) groups is 1. The molecule has 1 amide bonds. The van der Waals surface area contributed by atoms with Gasteiger partial charge < -0.3 is 19.5 Å². The van der Waals surface area contributed by atoms with Crippen molar-refractivity contribution in [1.29, 1.82) is 0 Å². The molecule has 0 saturated heterocycles. The van der Waals surface area contributed by atoms with E-state index in [0.717, 1.165) is 32.1 Å². The molecule has 5 nitrogen and oxygen atoms in total. The number of methoxy groups -OCH3 is 1. The summed E-state index contributed by atoms with van der Waals surface area (Å²) in [6, 6.07) is 5.26. The lowest BCUT2D eigenvalue weighted by Gasteiger charge is -2.35. The summed E-state index contributed by atoms with van der Waals surface area (Å²) in [5, 5.41) is 3.41. The molecular weight excluding hydrogens is 342 g/mol. The van der Waals surface area contributed by atoms with Crippen LogP contribution in [-0.4, -0.2) is 37.9 Å². The third-order valence-corrected chi connectivity index (χ3v) is 4.71. The smallest absolute Gasteiger partial charge is 0.256 e. The van der Waals surface area contributed by atoms with Crippen LogP contribution in [0, 0.1) is 0 Å². The van der Waals surface area contributed by atoms with Crippen LogP contribution in [0.4, 0.5) is 5.69 Å². The van der Waals surface area contributed by atoms with Crippen LogP contribution in [0.3, 0.4) is 0 Å². The van der Waals surface area contributed by atoms with Gasteiger partial charge in [-0.3, -0.25) is 4.79 Å². The fraction of sp³-hybridized carbons (Fsp3) is 0.632. The number of halogens is 1. The maximum Gasteiger partial charge on any atom is 0.256 e. The molecule has 1 aliphatic carbocycles. The van der Waals surface area contributed by atoms with Crippen molar-refractivity contribution in [3.05, 3.63) is 23.2 Å². The lowest BCUT2D eigenvalue weighted by Crippen LogP contribution is -2.47. The Bertz CT molecular complexity index is 567. The number of carbonyl (C=O) groups excluding carboxylic acids is 1. The second-order valence-corrected chi connectivity index (χ2v) is 6.88. The molecule has 1 atom stereocenters. The van der Waals surface area contributed by atoms with Crippen LogP contribution in [0.2, 0.25) is 5.02 Å². The molecule has 0 bridgehead atoms. The van der Waals surface area contributed by atoms with Gasteiger partial charge in [0.05, 0.1) is 11.6 Å². The van der Waals surface area contributed by atoms with Crippen LogP contribution in [-0.2, 0) is 14.3 Å². The van der Waals surface area contributed by atoms with Gasteiger partial charge in [-0.25, -0.2) is 0 Å². The van der Waals surface area contributed by atoms with Crippen molar-refractivity contribution >= 4 is 23.2 Å². The summed E-state index contributed by atoms with van der Waals surface area (Å²) in [6.45, 7) is 4.84. The average molecular weight is 370 g/mol. The van der Waals surface area contributed by atoms with E-state index in [-0.39, 0.29) is 12.0 Å². The zero-order valence-electron chi connectivity index (χ0n) is 15.3. The van der Waals surface area contributed by atoms with Gasteiger partial charge in [-0.2, -0.15) is 0 Å². The van der Waals surface area contributed by atoms with Crippen molar-refractivity contribution in [2.24, 2.45) is 0 Å². The van der Waals surface area contributed by atoms with Gasteiger partial charge in [0.1, 0.15) is 17.5 Å². The zero-order valence-corrected chi connectivity index (χ0v) is 16.0. The first-order valence-electron chi connectivity index (χ1n) is 8.91. The molecule has 1 aliphatic rings. The van der Waals surface area contributed by atoms with Crippen LogP contribution in [0.1, 0.15) is 46.0 Å². The van der Waals surface area contributed by atoms with Crippen LogP contribution in [0.5, 0.6) is 5.75 Å². The Kier molecular flexibility index (Phi) is 7.54. The standard InChI is InChI=1S/C19H28ClNO4/c1-4-24-19(10-6-5-7-11-19)18(22)21-15-8-9-17(16(20)12-15)25-14(2)13-23-3/h8-9,12,14H,4-7,10-11,13H2,1-3H3,(H,21,22)/t14-/m1/s1. The second kappa shape index (κ2) is 9.41. The minimum atomic E-state index is -0.721. The SMILES string of the molecule is CCOC1(C(=O)Nc2ccc(O[C@H](C)COC)c(Cl)c2)CCCCC1. The number of ether oxygens (including phenoxy) is 3. The Morgan fingerprint density at radius 1 is 1.32 bits per heavy atom. The Morgan fingerprint density at radius 2 is 2.04 bits per heavy atom. The quantitative estimate of drug-likeness (QED) is 0.736. The van der Waals surface area contributed by atoms with Gasteiger partial charge in [0.25, 0.3) is 5.91 Å². The first-order chi connectivity index (χ1) is 12.0. The Labute approximate surface area is 155 Å². The number of benzene rings is 1. The number of hydrogen-bond donors (Lipinski definition) is 1. The highest BCUT2D eigenvalue weighted by Gasteiger charge is 2.40. The summed E-state index contributed by atoms with van der Waals surface area (Å²) < 4.78 is 16.6. The predicted molar refractivity (Wildman–Crippen MR) is 99.5 cm³/mol. The van der Waals surface area contributed by atoms with E-state index in [1.54, 1.807) is 25.3 Å². The Hall–Kier alpha value is -1.30. The van der Waals surface area contributed by atoms with E-state index in [1.807, 2.05) is 13.8 Å². The van der Waals surface area contributed by atoms with Gasteiger partial charge in [0.2, 0.25) is 0 Å². The molecule has 25 heavy (non-hydrogen) atoms. The van der Waals surface area contributed by atoms with Crippen molar-refractivity contribution < 1.29 is 19.0 Å². The van der Waals surface area contributed by atoms with Crippen LogP contribution >= 0.6 is 11.6 Å². The van der Waals surface area contributed by atoms with Crippen molar-refractivity contribution in [3.8, 4) is 5.75 Å². The molecule has 6 heteroatoms. The number of rotatable bonds is 8. The van der Waals surface area contributed by atoms with Crippen LogP contribution < -0.4 is 10.1 Å². The lowest BCUT2D eigenvalue weighted by molar-refractivity contribution is -0.145. The van der Waals surface area contributed by atoms with Gasteiger partial charge in [-0.15, -0.1) is 0 Å². The van der Waals surface area contributed by atoms with Gasteiger partial charge in [-0.05, 0) is 44.9 Å². The minimum Gasteiger partial charge on any atom is -0.487 e. The normalized spacial score (nSPS) is 17.8. The Morgan fingerprint density at radius 3 is 2.64 bits per heavy atom. The first kappa shape index (κ1) is 20.0. The molecule has 1 fully saturated rings. The van der Waals surface area contributed by atoms with E-state index in [9.17, 15) is 4.79 Å². The van der Waals surface area contributed by atoms with Gasteiger partial charge in [-0.1, -0.05) is 30.9 Å². The molecule has 1 aromatic carbocycles. The molecule has 2 rings (SSSR count). The highest BCUT2D eigenvalue weighted by molar-refractivity contribution is 6.32. The van der Waals surface area contributed by atoms with Gasteiger partial charge >= 0.3 is 0 Å². The summed E-state index contributed by atoms with van der Waals surface area (Å²) in [6.07, 6.45) is 4.59. The van der Waals surface area contributed by atoms with E-state index in [1.165, 1.54) is 0 Å². The van der Waals surface area contributed by atoms with E-state index < -0.39 is 5.60 Å². The number of amides is 1. The van der Waals surface area contributed by atoms with Crippen LogP contribution in [0.25, 0.3) is 0 Å². The minimum absolute atomic E-state index is 0.0912. The molecule has 140 valence electrons. The average Bonchev–Trinajstić information content (AvgIpc) is 2.58. The molecule has 0 radical (unpaired) electrons. The molecule has 1 aromatic rings. The van der Waals surface area contributed by atoms with E-state index >= 15 is 0 Å². The fourth-order valence-corrected chi connectivity index (χ4v) is 3.47. The molecular formula is C19H28ClNO4. The highest BCUT2D eigenvalue weighted by atomic mass is 35.5. The molecule has 0 aromatic heterocycles. The van der Waals surface area contributed by atoms with Crippen molar-refractivity contribution in [1.82, 2.24) is 0 Å². The van der Waals surface area contributed by atoms with E-state index in [0.29, 0.717) is 29.7 Å². The zero-order chi connectivity index (χ0) is 18.3. The topological polar surface area (TPSA) is 56.8 Å². The molecule has 0 unspecified atom stereocenters. The monoisotopic (exact) mass is 369 g/mol. The summed E-state index contributed by atoms with van der Waals surface area (Å²) in [4.78, 5) is 12.8. The van der Waals surface area contributed by atoms with E-state index in [2.05, 4.69) is 5.32 Å². The fourth-order valence-electron chi connectivity index (χ4n) is 3.24. The maximum atomic E-state index is 12.8. The highest BCUT2D eigenvalue weighted by Crippen LogP contribution is 2.34. The van der Waals surface area contributed by atoms with Crippen LogP contribution in [0.15, 0.2) is 18.2 Å². The number of hydrogen-bond acceptors (Lipinski definition) is 4. The largest absolute Gasteiger partial charge is 0.487 e. The van der Waals surface area contributed by atoms with Crippen molar-refractivity contribution in [2.45, 2.75) is 57.7 Å². The summed E-state index contributed by atoms with van der Waals surface area (Å²) in [7, 11) is 1.62. The van der Waals surface area contributed by atoms with Gasteiger partial charge in [0.15, 0.2) is 0 Å². The van der Waals surface area contributed by atoms with Crippen molar-refractivity contribution in [2.75, 3.05) is 25.6 Å². The van der Waals surface area contributed by atoms with E-state index in [4.69, 9.17) is 25.8 Å². The number of anilines is 1. The summed E-state index contributed by atoms with van der Waals surface area (Å²) in [5.41, 5.74) is -0.0758. The van der Waals surface area contributed by atoms with Gasteiger partial charge in [0, 0.05) is 19.4 Å². The first-order valence-corrected chi connectivity index (χ1v) is 9.29. The molecule has 1 N–H and O–H groups in total. The third kappa shape index (κ3) is 5.33. The molecule has 0 heterocycles. The molecule has 0 aliphatic heterocycles. The Balaban J connectivity index is 2.06. The second-order valence-electron chi connectivity index (χ2n) is 6.47. The van der Waals surface area contributed by atoms with Crippen molar-refractivity contribution in [3.63, 3.8) is 0 Å². The third-order valence-electron chi connectivity index (χ3n) is 4.41. The predicted octanol–water partition coefficient (Wildman–Crippen LogP) is 4.43. The summed E-state index contributed by atoms with van der Waals surface area (Å²) in [5.74, 6) is 0.480. The lowest BCUT2D eigenvalue weighted by atomic mass is 9.83. The number of nitrogens with one attached hydrogen (secondary N) is 1. The maximum absolute atomic E-state index is 12.8. The summed E-state index contributed by atoms with van der Waals surface area (Å²) >= 11 is 6.29.